The molecular formula is C17H30F3N3O2S. The maximum absolute atomic E-state index is 12.8. The summed E-state index contributed by atoms with van der Waals surface area (Å²) in [6.45, 7) is 8.10. The molecule has 0 saturated carbocycles. The first-order chi connectivity index (χ1) is 12.1. The molecule has 2 aliphatic heterocycles. The van der Waals surface area contributed by atoms with Crippen molar-refractivity contribution in [2.24, 2.45) is 5.92 Å². The minimum Gasteiger partial charge on any atom is -0.379 e. The van der Waals surface area contributed by atoms with Crippen molar-refractivity contribution in [3.63, 3.8) is 0 Å². The highest BCUT2D eigenvalue weighted by atomic mass is 32.1. The quantitative estimate of drug-likeness (QED) is 0.674. The molecule has 2 atom stereocenters. The molecule has 0 aromatic heterocycles. The SMILES string of the molecule is CC(S)N1CCC(CN2CCOCC2)(NC(=O)CC(C)C(F)(F)F)CC1. The van der Waals surface area contributed by atoms with Gasteiger partial charge < -0.3 is 10.1 Å². The van der Waals surface area contributed by atoms with Crippen LogP contribution < -0.4 is 5.32 Å². The van der Waals surface area contributed by atoms with Gasteiger partial charge in [-0.2, -0.15) is 25.8 Å². The molecule has 0 aromatic rings. The summed E-state index contributed by atoms with van der Waals surface area (Å²) >= 11 is 4.46. The Labute approximate surface area is 159 Å². The number of likely N-dealkylation sites (tertiary alicyclic amines) is 1. The second-order valence-electron chi connectivity index (χ2n) is 7.53. The average Bonchev–Trinajstić information content (AvgIpc) is 2.55. The third-order valence-electron chi connectivity index (χ3n) is 5.37. The van der Waals surface area contributed by atoms with E-state index in [0.717, 1.165) is 33.1 Å². The first-order valence-electron chi connectivity index (χ1n) is 9.21. The van der Waals surface area contributed by atoms with Crippen LogP contribution in [0.1, 0.15) is 33.1 Å². The zero-order chi connectivity index (χ0) is 19.4. The number of hydrogen-bond acceptors (Lipinski definition) is 5. The van der Waals surface area contributed by atoms with E-state index in [-0.39, 0.29) is 5.37 Å². The van der Waals surface area contributed by atoms with Crippen molar-refractivity contribution in [3.8, 4) is 0 Å². The van der Waals surface area contributed by atoms with Gasteiger partial charge in [-0.15, -0.1) is 0 Å². The van der Waals surface area contributed by atoms with Crippen molar-refractivity contribution in [1.82, 2.24) is 15.1 Å². The van der Waals surface area contributed by atoms with E-state index in [4.69, 9.17) is 4.74 Å². The predicted molar refractivity (Wildman–Crippen MR) is 97.2 cm³/mol. The van der Waals surface area contributed by atoms with E-state index < -0.39 is 30.0 Å². The van der Waals surface area contributed by atoms with Gasteiger partial charge in [0.1, 0.15) is 0 Å². The number of amides is 1. The number of nitrogens with zero attached hydrogens (tertiary/aromatic N) is 2. The molecule has 0 aromatic carbocycles. The Morgan fingerprint density at radius 1 is 1.19 bits per heavy atom. The zero-order valence-corrected chi connectivity index (χ0v) is 16.4. The molecule has 2 rings (SSSR count). The number of nitrogens with one attached hydrogen (secondary N) is 1. The van der Waals surface area contributed by atoms with E-state index in [1.807, 2.05) is 6.92 Å². The Kier molecular flexibility index (Phi) is 7.64. The van der Waals surface area contributed by atoms with Gasteiger partial charge in [0, 0.05) is 44.5 Å². The molecule has 152 valence electrons. The number of carbonyl (C=O) groups excluding carboxylic acids is 1. The Morgan fingerprint density at radius 3 is 2.27 bits per heavy atom. The van der Waals surface area contributed by atoms with Crippen LogP contribution in [0, 0.1) is 5.92 Å². The lowest BCUT2D eigenvalue weighted by Crippen LogP contribution is -2.62. The molecule has 9 heteroatoms. The number of thiol groups is 1. The Balaban J connectivity index is 2.02. The number of carbonyl (C=O) groups is 1. The summed E-state index contributed by atoms with van der Waals surface area (Å²) in [6, 6.07) is 0. The summed E-state index contributed by atoms with van der Waals surface area (Å²) in [7, 11) is 0. The molecule has 0 radical (unpaired) electrons. The van der Waals surface area contributed by atoms with Crippen molar-refractivity contribution >= 4 is 18.5 Å². The molecule has 2 aliphatic rings. The van der Waals surface area contributed by atoms with Crippen LogP contribution >= 0.6 is 12.6 Å². The number of alkyl halides is 3. The van der Waals surface area contributed by atoms with Crippen molar-refractivity contribution in [3.05, 3.63) is 0 Å². The van der Waals surface area contributed by atoms with E-state index in [0.29, 0.717) is 32.6 Å². The molecule has 2 unspecified atom stereocenters. The highest BCUT2D eigenvalue weighted by molar-refractivity contribution is 7.80. The lowest BCUT2D eigenvalue weighted by Gasteiger charge is -2.46. The molecule has 0 spiro atoms. The molecule has 0 bridgehead atoms. The summed E-state index contributed by atoms with van der Waals surface area (Å²) in [5.74, 6) is -2.16. The number of morpholine rings is 1. The zero-order valence-electron chi connectivity index (χ0n) is 15.5. The highest BCUT2D eigenvalue weighted by Gasteiger charge is 2.41. The number of rotatable bonds is 6. The molecule has 5 nitrogen and oxygen atoms in total. The molecule has 2 fully saturated rings. The number of piperidine rings is 1. The molecule has 0 aliphatic carbocycles. The Hall–Kier alpha value is -0.510. The topological polar surface area (TPSA) is 44.8 Å². The summed E-state index contributed by atoms with van der Waals surface area (Å²) in [6.07, 6.45) is -3.45. The second kappa shape index (κ2) is 9.12. The largest absolute Gasteiger partial charge is 0.392 e. The van der Waals surface area contributed by atoms with Crippen LogP contribution in [0.3, 0.4) is 0 Å². The molecule has 26 heavy (non-hydrogen) atoms. The van der Waals surface area contributed by atoms with Crippen molar-refractivity contribution in [2.75, 3.05) is 45.9 Å². The Bertz CT molecular complexity index is 463. The van der Waals surface area contributed by atoms with Gasteiger partial charge in [0.25, 0.3) is 0 Å². The molecule has 1 N–H and O–H groups in total. The normalized spacial score (nSPS) is 24.8. The smallest absolute Gasteiger partial charge is 0.379 e. The third-order valence-corrected chi connectivity index (χ3v) is 5.70. The maximum Gasteiger partial charge on any atom is 0.392 e. The van der Waals surface area contributed by atoms with Crippen LogP contribution in [0.15, 0.2) is 0 Å². The van der Waals surface area contributed by atoms with Crippen LogP contribution in [0.2, 0.25) is 0 Å². The van der Waals surface area contributed by atoms with Crippen LogP contribution in [0.25, 0.3) is 0 Å². The van der Waals surface area contributed by atoms with Crippen molar-refractivity contribution < 1.29 is 22.7 Å². The maximum atomic E-state index is 12.8. The first kappa shape index (κ1) is 21.8. The summed E-state index contributed by atoms with van der Waals surface area (Å²) in [5.41, 5.74) is -0.487. The van der Waals surface area contributed by atoms with E-state index in [9.17, 15) is 18.0 Å². The minimum atomic E-state index is -4.35. The van der Waals surface area contributed by atoms with Crippen LogP contribution in [-0.4, -0.2) is 78.7 Å². The molecule has 1 amide bonds. The van der Waals surface area contributed by atoms with Gasteiger partial charge in [-0.1, -0.05) is 6.92 Å². The monoisotopic (exact) mass is 397 g/mol. The fourth-order valence-corrected chi connectivity index (χ4v) is 3.81. The standard InChI is InChI=1S/C17H30F3N3O2S/c1-13(17(18,19)20)11-15(24)21-16(12-22-7-9-25-10-8-22)3-5-23(6-4-16)14(2)26/h13-14,26H,3-12H2,1-2H3,(H,21,24). The lowest BCUT2D eigenvalue weighted by atomic mass is 9.86. The Morgan fingerprint density at radius 2 is 1.77 bits per heavy atom. The molecular weight excluding hydrogens is 367 g/mol. The van der Waals surface area contributed by atoms with E-state index in [1.165, 1.54) is 0 Å². The van der Waals surface area contributed by atoms with E-state index in [1.54, 1.807) is 0 Å². The van der Waals surface area contributed by atoms with Gasteiger partial charge in [-0.3, -0.25) is 14.6 Å². The summed E-state index contributed by atoms with van der Waals surface area (Å²) < 4.78 is 43.7. The second-order valence-corrected chi connectivity index (χ2v) is 8.28. The first-order valence-corrected chi connectivity index (χ1v) is 9.73. The van der Waals surface area contributed by atoms with Gasteiger partial charge >= 0.3 is 6.18 Å². The minimum absolute atomic E-state index is 0.123. The van der Waals surface area contributed by atoms with Gasteiger partial charge in [-0.05, 0) is 19.8 Å². The summed E-state index contributed by atoms with van der Waals surface area (Å²) in [5, 5.41) is 3.09. The van der Waals surface area contributed by atoms with Crippen LogP contribution in [0.4, 0.5) is 13.2 Å². The van der Waals surface area contributed by atoms with Gasteiger partial charge in [0.15, 0.2) is 0 Å². The fourth-order valence-electron chi connectivity index (χ4n) is 3.58. The van der Waals surface area contributed by atoms with Gasteiger partial charge in [0.2, 0.25) is 5.91 Å². The van der Waals surface area contributed by atoms with E-state index >= 15 is 0 Å². The van der Waals surface area contributed by atoms with Gasteiger partial charge in [0.05, 0.1) is 24.7 Å². The van der Waals surface area contributed by atoms with Crippen LogP contribution in [-0.2, 0) is 9.53 Å². The highest BCUT2D eigenvalue weighted by Crippen LogP contribution is 2.30. The van der Waals surface area contributed by atoms with Crippen LogP contribution in [0.5, 0.6) is 0 Å². The van der Waals surface area contributed by atoms with Crippen molar-refractivity contribution in [1.29, 1.82) is 0 Å². The summed E-state index contributed by atoms with van der Waals surface area (Å²) in [4.78, 5) is 16.8. The number of hydrogen-bond donors (Lipinski definition) is 2. The third kappa shape index (κ3) is 6.28. The molecule has 2 heterocycles. The van der Waals surface area contributed by atoms with Crippen molar-refractivity contribution in [2.45, 2.75) is 50.2 Å². The molecule has 2 saturated heterocycles. The fraction of sp³-hybridized carbons (Fsp3) is 0.941. The average molecular weight is 398 g/mol. The lowest BCUT2D eigenvalue weighted by molar-refractivity contribution is -0.174. The predicted octanol–water partition coefficient (Wildman–Crippen LogP) is 2.13. The number of halogens is 3. The number of ether oxygens (including phenoxy) is 1. The van der Waals surface area contributed by atoms with Gasteiger partial charge in [-0.25, -0.2) is 0 Å². The van der Waals surface area contributed by atoms with E-state index in [2.05, 4.69) is 27.7 Å².